The highest BCUT2D eigenvalue weighted by molar-refractivity contribution is 7.90. The number of benzene rings is 4. The van der Waals surface area contributed by atoms with Crippen molar-refractivity contribution in [3.63, 3.8) is 0 Å². The minimum atomic E-state index is -4.85. The third kappa shape index (κ3) is 8.29. The van der Waals surface area contributed by atoms with Gasteiger partial charge in [0.1, 0.15) is 17.4 Å². The molecule has 0 atom stereocenters. The molecular formula is C33H30F5NO4S. The predicted octanol–water partition coefficient (Wildman–Crippen LogP) is 7.30. The first-order valence-electron chi connectivity index (χ1n) is 13.7. The molecule has 44 heavy (non-hydrogen) atoms. The molecule has 0 unspecified atom stereocenters. The summed E-state index contributed by atoms with van der Waals surface area (Å²) in [5.41, 5.74) is -0.137. The Bertz CT molecular complexity index is 1640. The Labute approximate surface area is 252 Å². The molecule has 0 aliphatic carbocycles. The second kappa shape index (κ2) is 14.1. The predicted molar refractivity (Wildman–Crippen MR) is 156 cm³/mol. The summed E-state index contributed by atoms with van der Waals surface area (Å²) in [4.78, 5) is 12.6. The van der Waals surface area contributed by atoms with Gasteiger partial charge in [0.15, 0.2) is 16.1 Å². The molecule has 0 aliphatic heterocycles. The second-order valence-corrected chi connectivity index (χ2v) is 12.3. The summed E-state index contributed by atoms with van der Waals surface area (Å²) in [6.45, 7) is 0.420. The highest BCUT2D eigenvalue weighted by Gasteiger charge is 2.35. The molecule has 0 N–H and O–H groups in total. The van der Waals surface area contributed by atoms with Crippen molar-refractivity contribution in [1.82, 2.24) is 4.90 Å². The molecule has 5 nitrogen and oxygen atoms in total. The second-order valence-electron chi connectivity index (χ2n) is 10.3. The van der Waals surface area contributed by atoms with Crippen LogP contribution in [0.1, 0.15) is 45.0 Å². The Morgan fingerprint density at radius 3 is 2.05 bits per heavy atom. The van der Waals surface area contributed by atoms with Gasteiger partial charge in [0.25, 0.3) is 0 Å². The molecule has 4 rings (SSSR count). The number of aldehydes is 1. The highest BCUT2D eigenvalue weighted by Crippen LogP contribution is 2.33. The van der Waals surface area contributed by atoms with E-state index in [9.17, 15) is 30.8 Å². The van der Waals surface area contributed by atoms with Crippen molar-refractivity contribution in [3.8, 4) is 5.75 Å². The summed E-state index contributed by atoms with van der Waals surface area (Å²) in [7, 11) is -3.93. The molecule has 0 aliphatic rings. The first kappa shape index (κ1) is 32.8. The highest BCUT2D eigenvalue weighted by atomic mass is 32.2. The van der Waals surface area contributed by atoms with Gasteiger partial charge in [-0.05, 0) is 29.7 Å². The van der Waals surface area contributed by atoms with Crippen molar-refractivity contribution in [2.75, 3.05) is 26.0 Å². The maximum atomic E-state index is 15.1. The van der Waals surface area contributed by atoms with E-state index in [1.54, 1.807) is 0 Å². The number of alkyl halides is 3. The lowest BCUT2D eigenvalue weighted by molar-refractivity contribution is -0.140. The summed E-state index contributed by atoms with van der Waals surface area (Å²) in [5.74, 6) is -2.69. The molecule has 0 saturated carbocycles. The number of carbonyl (C=O) groups excluding carboxylic acids is 1. The minimum Gasteiger partial charge on any atom is -0.493 e. The van der Waals surface area contributed by atoms with Gasteiger partial charge in [-0.3, -0.25) is 9.69 Å². The first-order valence-corrected chi connectivity index (χ1v) is 15.6. The number of sulfone groups is 1. The molecule has 4 aromatic rings. The third-order valence-electron chi connectivity index (χ3n) is 7.09. The maximum Gasteiger partial charge on any atom is 0.419 e. The van der Waals surface area contributed by atoms with Crippen molar-refractivity contribution in [2.24, 2.45) is 0 Å². The molecule has 0 amide bonds. The van der Waals surface area contributed by atoms with Crippen LogP contribution in [0.4, 0.5) is 22.0 Å². The fraction of sp³-hybridized carbons (Fsp3) is 0.242. The Morgan fingerprint density at radius 2 is 1.50 bits per heavy atom. The molecule has 0 heterocycles. The van der Waals surface area contributed by atoms with Crippen LogP contribution in [0.3, 0.4) is 0 Å². The molecule has 0 bridgehead atoms. The quantitative estimate of drug-likeness (QED) is 0.0881. The Balaban J connectivity index is 1.59. The third-order valence-corrected chi connectivity index (χ3v) is 8.23. The molecular weight excluding hydrogens is 601 g/mol. The van der Waals surface area contributed by atoms with Gasteiger partial charge in [-0.1, -0.05) is 72.8 Å². The van der Waals surface area contributed by atoms with Gasteiger partial charge in [0.2, 0.25) is 0 Å². The summed E-state index contributed by atoms with van der Waals surface area (Å²) >= 11 is 0. The lowest BCUT2D eigenvalue weighted by Gasteiger charge is -2.29. The monoisotopic (exact) mass is 631 g/mol. The lowest BCUT2D eigenvalue weighted by Crippen LogP contribution is -2.31. The van der Waals surface area contributed by atoms with Crippen molar-refractivity contribution in [3.05, 3.63) is 130 Å². The van der Waals surface area contributed by atoms with E-state index >= 15 is 4.39 Å². The number of nitrogens with zero attached hydrogens (tertiary/aromatic N) is 1. The van der Waals surface area contributed by atoms with Gasteiger partial charge < -0.3 is 4.74 Å². The zero-order valence-corrected chi connectivity index (χ0v) is 24.5. The fourth-order valence-electron chi connectivity index (χ4n) is 4.98. The van der Waals surface area contributed by atoms with Crippen LogP contribution in [0.2, 0.25) is 0 Å². The Kier molecular flexibility index (Phi) is 10.5. The van der Waals surface area contributed by atoms with E-state index in [-0.39, 0.29) is 49.6 Å². The van der Waals surface area contributed by atoms with Crippen LogP contribution in [0.25, 0.3) is 0 Å². The number of carbonyl (C=O) groups is 1. The normalized spacial score (nSPS) is 12.1. The van der Waals surface area contributed by atoms with E-state index in [1.165, 1.54) is 12.1 Å². The molecule has 0 fully saturated rings. The van der Waals surface area contributed by atoms with Crippen LogP contribution < -0.4 is 4.74 Å². The van der Waals surface area contributed by atoms with Crippen LogP contribution in [-0.2, 0) is 22.6 Å². The minimum absolute atomic E-state index is 0.0218. The molecule has 4 aromatic carbocycles. The van der Waals surface area contributed by atoms with Gasteiger partial charge in [-0.15, -0.1) is 0 Å². The van der Waals surface area contributed by atoms with E-state index in [2.05, 4.69) is 0 Å². The molecule has 11 heteroatoms. The van der Waals surface area contributed by atoms with Crippen LogP contribution in [-0.4, -0.2) is 45.6 Å². The lowest BCUT2D eigenvalue weighted by atomic mass is 9.90. The van der Waals surface area contributed by atoms with Crippen molar-refractivity contribution < 1.29 is 39.9 Å². The van der Waals surface area contributed by atoms with Gasteiger partial charge in [0, 0.05) is 43.4 Å². The average Bonchev–Trinajstić information content (AvgIpc) is 2.98. The maximum absolute atomic E-state index is 15.1. The zero-order valence-electron chi connectivity index (χ0n) is 23.7. The number of hydrogen-bond acceptors (Lipinski definition) is 5. The van der Waals surface area contributed by atoms with Crippen LogP contribution >= 0.6 is 0 Å². The van der Waals surface area contributed by atoms with Crippen molar-refractivity contribution >= 4 is 16.1 Å². The van der Waals surface area contributed by atoms with E-state index < -0.39 is 43.7 Å². The number of ether oxygens (including phenoxy) is 1. The summed E-state index contributed by atoms with van der Waals surface area (Å²) < 4.78 is 99.6. The zero-order chi connectivity index (χ0) is 31.9. The topological polar surface area (TPSA) is 63.7 Å². The van der Waals surface area contributed by atoms with Crippen LogP contribution in [0, 0.1) is 11.6 Å². The number of halogens is 5. The standard InChI is InChI=1S/C33H30F5NO4S/c1-44(41,42)31-19-26(18-30(34)28(31)22-40)43-17-9-16-39(20-25-14-8-15-29(32(25)35)33(36,37)38)21-27(23-10-4-2-5-11-23)24-12-6-3-7-13-24/h2-8,10-15,18-19,22,27H,9,16-17,20-21H2,1H3. The van der Waals surface area contributed by atoms with Crippen molar-refractivity contribution in [1.29, 1.82) is 0 Å². The Hall–Kier alpha value is -4.09. The van der Waals surface area contributed by atoms with E-state index in [4.69, 9.17) is 4.74 Å². The van der Waals surface area contributed by atoms with E-state index in [0.717, 1.165) is 29.5 Å². The van der Waals surface area contributed by atoms with E-state index in [0.29, 0.717) is 12.6 Å². The number of hydrogen-bond donors (Lipinski definition) is 0. The van der Waals surface area contributed by atoms with E-state index in [1.807, 2.05) is 65.6 Å². The van der Waals surface area contributed by atoms with Crippen LogP contribution in [0.15, 0.2) is 95.9 Å². The Morgan fingerprint density at radius 1 is 0.886 bits per heavy atom. The summed E-state index contributed by atoms with van der Waals surface area (Å²) in [6.07, 6.45) is -3.60. The van der Waals surface area contributed by atoms with Gasteiger partial charge >= 0.3 is 6.18 Å². The smallest absolute Gasteiger partial charge is 0.419 e. The van der Waals surface area contributed by atoms with Gasteiger partial charge in [-0.2, -0.15) is 13.2 Å². The van der Waals surface area contributed by atoms with Crippen LogP contribution in [0.5, 0.6) is 5.75 Å². The van der Waals surface area contributed by atoms with Crippen molar-refractivity contribution in [2.45, 2.75) is 30.0 Å². The van der Waals surface area contributed by atoms with Gasteiger partial charge in [-0.25, -0.2) is 17.2 Å². The molecule has 0 spiro atoms. The molecule has 0 saturated heterocycles. The van der Waals surface area contributed by atoms with Gasteiger partial charge in [0.05, 0.1) is 22.6 Å². The first-order chi connectivity index (χ1) is 20.9. The SMILES string of the molecule is CS(=O)(=O)c1cc(OCCCN(Cc2cccc(C(F)(F)F)c2F)CC(c2ccccc2)c2ccccc2)cc(F)c1C=O. The molecule has 232 valence electrons. The summed E-state index contributed by atoms with van der Waals surface area (Å²) in [5, 5.41) is 0. The largest absolute Gasteiger partial charge is 0.493 e. The average molecular weight is 632 g/mol. The summed E-state index contributed by atoms with van der Waals surface area (Å²) in [6, 6.07) is 24.2. The molecule has 0 aromatic heterocycles. The fourth-order valence-corrected chi connectivity index (χ4v) is 5.86. The molecule has 0 radical (unpaired) electrons. The number of rotatable bonds is 13.